The van der Waals surface area contributed by atoms with E-state index >= 15 is 0 Å². The minimum atomic E-state index is 0.413. The minimum Gasteiger partial charge on any atom is -0.399 e. The van der Waals surface area contributed by atoms with Crippen molar-refractivity contribution >= 4 is 12.4 Å². The van der Waals surface area contributed by atoms with Gasteiger partial charge in [0.05, 0.1) is 11.4 Å². The van der Waals surface area contributed by atoms with Crippen LogP contribution in [0.1, 0.15) is 16.7 Å². The molecule has 0 aliphatic rings. The van der Waals surface area contributed by atoms with Crippen molar-refractivity contribution < 1.29 is 0 Å². The average molecular weight is 255 g/mol. The van der Waals surface area contributed by atoms with E-state index in [0.717, 1.165) is 28.1 Å². The molecule has 0 aliphatic heterocycles. The number of nitrogens with two attached hydrogens (primary N) is 1. The monoisotopic (exact) mass is 255 g/mol. The first-order chi connectivity index (χ1) is 8.92. The highest BCUT2D eigenvalue weighted by Crippen LogP contribution is 2.27. The molecule has 0 fully saturated rings. The number of likely N-dealkylation sites (N-methyl/N-ethyl adjacent to an activating group) is 1. The summed E-state index contributed by atoms with van der Waals surface area (Å²) in [6, 6.07) is 6.20. The van der Waals surface area contributed by atoms with Crippen molar-refractivity contribution in [3.05, 3.63) is 65.0 Å². The molecule has 3 N–H and O–H groups in total. The van der Waals surface area contributed by atoms with Gasteiger partial charge in [-0.3, -0.25) is 4.99 Å². The molecular weight excluding hydrogens is 234 g/mol. The van der Waals surface area contributed by atoms with Gasteiger partial charge in [0.1, 0.15) is 0 Å². The molecule has 1 rings (SSSR count). The van der Waals surface area contributed by atoms with Gasteiger partial charge in [-0.2, -0.15) is 0 Å². The van der Waals surface area contributed by atoms with Crippen LogP contribution < -0.4 is 11.1 Å². The number of aryl methyl sites for hydroxylation is 2. The van der Waals surface area contributed by atoms with Crippen molar-refractivity contribution in [3.8, 4) is 0 Å². The minimum absolute atomic E-state index is 0.413. The highest BCUT2D eigenvalue weighted by atomic mass is 14.9. The van der Waals surface area contributed by atoms with E-state index in [1.165, 1.54) is 0 Å². The number of hydrogen-bond acceptors (Lipinski definition) is 3. The van der Waals surface area contributed by atoms with Crippen LogP contribution in [0.2, 0.25) is 0 Å². The van der Waals surface area contributed by atoms with Gasteiger partial charge in [-0.15, -0.1) is 0 Å². The van der Waals surface area contributed by atoms with Crippen LogP contribution in [0.4, 0.5) is 0 Å². The van der Waals surface area contributed by atoms with Crippen molar-refractivity contribution in [3.63, 3.8) is 0 Å². The molecule has 1 aromatic carbocycles. The molecule has 0 amide bonds. The van der Waals surface area contributed by atoms with Gasteiger partial charge in [-0.05, 0) is 32.2 Å². The molecule has 0 bridgehead atoms. The molecule has 0 unspecified atom stereocenters. The summed E-state index contributed by atoms with van der Waals surface area (Å²) < 4.78 is 0. The standard InChI is InChI=1S/C16H21N3/c1-10-7-8-11(2)14(9-10)16(19-6)15(18-5)12(3)13(4)17/h7-9,18H,3-4,6,17H2,1-2,5H3/b16-15+. The van der Waals surface area contributed by atoms with Crippen LogP contribution in [0.3, 0.4) is 0 Å². The molecule has 3 nitrogen and oxygen atoms in total. The molecule has 1 aromatic rings. The number of benzene rings is 1. The first-order valence-corrected chi connectivity index (χ1v) is 6.02. The Morgan fingerprint density at radius 3 is 2.37 bits per heavy atom. The van der Waals surface area contributed by atoms with Gasteiger partial charge in [0, 0.05) is 23.9 Å². The topological polar surface area (TPSA) is 50.4 Å². The van der Waals surface area contributed by atoms with Crippen molar-refractivity contribution in [2.24, 2.45) is 10.7 Å². The van der Waals surface area contributed by atoms with Crippen LogP contribution in [0.15, 0.2) is 53.3 Å². The van der Waals surface area contributed by atoms with Gasteiger partial charge in [0.2, 0.25) is 0 Å². The van der Waals surface area contributed by atoms with Crippen molar-refractivity contribution in [1.82, 2.24) is 5.32 Å². The zero-order chi connectivity index (χ0) is 14.6. The lowest BCUT2D eigenvalue weighted by Crippen LogP contribution is -2.14. The maximum Gasteiger partial charge on any atom is 0.0935 e. The third-order valence-electron chi connectivity index (χ3n) is 2.98. The van der Waals surface area contributed by atoms with E-state index in [4.69, 9.17) is 5.73 Å². The molecule has 0 aromatic heterocycles. The summed E-state index contributed by atoms with van der Waals surface area (Å²) in [6.07, 6.45) is 0. The fraction of sp³-hybridized carbons (Fsp3) is 0.188. The van der Waals surface area contributed by atoms with E-state index in [1.807, 2.05) is 13.8 Å². The Morgan fingerprint density at radius 2 is 1.89 bits per heavy atom. The Balaban J connectivity index is 3.54. The third kappa shape index (κ3) is 3.13. The number of nitrogens with one attached hydrogen (secondary N) is 1. The SMILES string of the molecule is C=N/C(=C(/NC)C(=C)C(=C)N)c1cc(C)ccc1C. The van der Waals surface area contributed by atoms with Gasteiger partial charge in [-0.1, -0.05) is 30.9 Å². The van der Waals surface area contributed by atoms with Gasteiger partial charge >= 0.3 is 0 Å². The molecule has 3 heteroatoms. The molecule has 19 heavy (non-hydrogen) atoms. The summed E-state index contributed by atoms with van der Waals surface area (Å²) in [5, 5.41) is 3.08. The lowest BCUT2D eigenvalue weighted by Gasteiger charge is -2.16. The summed E-state index contributed by atoms with van der Waals surface area (Å²) in [7, 11) is 1.81. The van der Waals surface area contributed by atoms with E-state index in [0.29, 0.717) is 11.3 Å². The summed E-state index contributed by atoms with van der Waals surface area (Å²) in [6.45, 7) is 15.4. The van der Waals surface area contributed by atoms with Gasteiger partial charge in [0.25, 0.3) is 0 Å². The average Bonchev–Trinajstić information content (AvgIpc) is 2.38. The lowest BCUT2D eigenvalue weighted by molar-refractivity contribution is 0.999. The molecule has 0 aliphatic carbocycles. The van der Waals surface area contributed by atoms with Gasteiger partial charge in [0.15, 0.2) is 0 Å². The quantitative estimate of drug-likeness (QED) is 0.628. The van der Waals surface area contributed by atoms with E-state index in [1.54, 1.807) is 7.05 Å². The highest BCUT2D eigenvalue weighted by Gasteiger charge is 2.13. The smallest absolute Gasteiger partial charge is 0.0935 e. The van der Waals surface area contributed by atoms with Crippen LogP contribution in [0.5, 0.6) is 0 Å². The zero-order valence-electron chi connectivity index (χ0n) is 11.9. The molecule has 0 heterocycles. The summed E-state index contributed by atoms with van der Waals surface area (Å²) in [4.78, 5) is 4.14. The van der Waals surface area contributed by atoms with Gasteiger partial charge in [-0.25, -0.2) is 0 Å². The zero-order valence-corrected chi connectivity index (χ0v) is 11.9. The molecule has 0 atom stereocenters. The molecule has 0 saturated carbocycles. The third-order valence-corrected chi connectivity index (χ3v) is 2.98. The molecular formula is C16H21N3. The summed E-state index contributed by atoms with van der Waals surface area (Å²) in [5.74, 6) is 0. The fourth-order valence-corrected chi connectivity index (χ4v) is 1.86. The Labute approximate surface area is 115 Å². The van der Waals surface area contributed by atoms with Crippen molar-refractivity contribution in [2.75, 3.05) is 7.05 Å². The van der Waals surface area contributed by atoms with Crippen molar-refractivity contribution in [1.29, 1.82) is 0 Å². The summed E-state index contributed by atoms with van der Waals surface area (Å²) >= 11 is 0. The first kappa shape index (κ1) is 14.8. The number of rotatable bonds is 5. The predicted molar refractivity (Wildman–Crippen MR) is 83.9 cm³/mol. The Bertz CT molecular complexity index is 565. The second-order valence-corrected chi connectivity index (χ2v) is 4.45. The fourth-order valence-electron chi connectivity index (χ4n) is 1.86. The Morgan fingerprint density at radius 1 is 1.26 bits per heavy atom. The maximum atomic E-state index is 5.72. The van der Waals surface area contributed by atoms with Crippen LogP contribution in [-0.2, 0) is 0 Å². The normalized spacial score (nSPS) is 11.5. The Kier molecular flexibility index (Phi) is 4.70. The van der Waals surface area contributed by atoms with E-state index in [2.05, 4.69) is 48.4 Å². The number of hydrogen-bond donors (Lipinski definition) is 2. The summed E-state index contributed by atoms with van der Waals surface area (Å²) in [5.41, 5.74) is 11.5. The molecule has 0 radical (unpaired) electrons. The van der Waals surface area contributed by atoms with Crippen LogP contribution in [-0.4, -0.2) is 13.8 Å². The van der Waals surface area contributed by atoms with Crippen molar-refractivity contribution in [2.45, 2.75) is 13.8 Å². The Hall–Kier alpha value is -2.29. The molecule has 0 saturated heterocycles. The van der Waals surface area contributed by atoms with Crippen LogP contribution >= 0.6 is 0 Å². The largest absolute Gasteiger partial charge is 0.399 e. The predicted octanol–water partition coefficient (Wildman–Crippen LogP) is 2.92. The molecule has 100 valence electrons. The van der Waals surface area contributed by atoms with E-state index < -0.39 is 0 Å². The van der Waals surface area contributed by atoms with Crippen LogP contribution in [0, 0.1) is 13.8 Å². The second-order valence-electron chi connectivity index (χ2n) is 4.45. The maximum absolute atomic E-state index is 5.72. The lowest BCUT2D eigenvalue weighted by atomic mass is 9.99. The van der Waals surface area contributed by atoms with Gasteiger partial charge < -0.3 is 11.1 Å². The van der Waals surface area contributed by atoms with E-state index in [9.17, 15) is 0 Å². The molecule has 0 spiro atoms. The first-order valence-electron chi connectivity index (χ1n) is 6.02. The van der Waals surface area contributed by atoms with E-state index in [-0.39, 0.29) is 0 Å². The number of nitrogens with zero attached hydrogens (tertiary/aromatic N) is 1. The van der Waals surface area contributed by atoms with Crippen LogP contribution in [0.25, 0.3) is 5.70 Å². The highest BCUT2D eigenvalue weighted by molar-refractivity contribution is 5.76. The number of aliphatic imine (C=N–C) groups is 1. The second kappa shape index (κ2) is 6.05.